The summed E-state index contributed by atoms with van der Waals surface area (Å²) < 4.78 is 18.2. The van der Waals surface area contributed by atoms with Crippen molar-refractivity contribution in [2.75, 3.05) is 19.7 Å². The van der Waals surface area contributed by atoms with Crippen molar-refractivity contribution in [3.05, 3.63) is 29.8 Å². The van der Waals surface area contributed by atoms with Gasteiger partial charge in [0.2, 0.25) is 0 Å². The number of carboxylic acids is 1. The van der Waals surface area contributed by atoms with Crippen molar-refractivity contribution in [3.63, 3.8) is 0 Å². The second-order valence-corrected chi connectivity index (χ2v) is 4.31. The molecule has 0 aliphatic carbocycles. The number of hydrogen-bond acceptors (Lipinski definition) is 4. The summed E-state index contributed by atoms with van der Waals surface area (Å²) in [5.74, 6) is -1.35. The number of aromatic nitrogens is 1. The van der Waals surface area contributed by atoms with Crippen LogP contribution in [0.25, 0.3) is 0 Å². The molecule has 1 saturated heterocycles. The van der Waals surface area contributed by atoms with Gasteiger partial charge < -0.3 is 9.84 Å². The van der Waals surface area contributed by atoms with E-state index in [4.69, 9.17) is 9.84 Å². The molecule has 98 valence electrons. The van der Waals surface area contributed by atoms with Crippen LogP contribution in [-0.2, 0) is 9.53 Å². The third kappa shape index (κ3) is 2.83. The van der Waals surface area contributed by atoms with Gasteiger partial charge in [0.15, 0.2) is 6.10 Å². The number of aliphatic carboxylic acids is 1. The molecule has 1 fully saturated rings. The maximum absolute atomic E-state index is 13.1. The van der Waals surface area contributed by atoms with E-state index in [1.165, 1.54) is 6.07 Å². The highest BCUT2D eigenvalue weighted by Gasteiger charge is 2.29. The van der Waals surface area contributed by atoms with Gasteiger partial charge in [-0.2, -0.15) is 0 Å². The van der Waals surface area contributed by atoms with E-state index < -0.39 is 12.1 Å². The molecule has 0 spiro atoms. The molecule has 2 atom stereocenters. The van der Waals surface area contributed by atoms with Crippen LogP contribution < -0.4 is 0 Å². The molecule has 2 heterocycles. The number of rotatable bonds is 3. The molecule has 0 radical (unpaired) electrons. The first-order chi connectivity index (χ1) is 8.58. The maximum atomic E-state index is 13.1. The Morgan fingerprint density at radius 3 is 3.11 bits per heavy atom. The van der Waals surface area contributed by atoms with Gasteiger partial charge in [0.05, 0.1) is 12.8 Å². The molecule has 2 rings (SSSR count). The van der Waals surface area contributed by atoms with Gasteiger partial charge >= 0.3 is 5.97 Å². The van der Waals surface area contributed by atoms with E-state index in [1.807, 2.05) is 11.8 Å². The number of halogens is 1. The summed E-state index contributed by atoms with van der Waals surface area (Å²) in [4.78, 5) is 16.7. The fourth-order valence-electron chi connectivity index (χ4n) is 2.04. The highest BCUT2D eigenvalue weighted by Crippen LogP contribution is 2.22. The number of ether oxygens (including phenoxy) is 1. The minimum atomic E-state index is -0.968. The standard InChI is InChI=1S/C12H15FN2O3/c1-8(9-4-10(13)6-14-5-9)15-2-3-18-11(7-15)12(16)17/h4-6,8,11H,2-3,7H2,1H3,(H,16,17). The lowest BCUT2D eigenvalue weighted by atomic mass is 10.1. The van der Waals surface area contributed by atoms with E-state index >= 15 is 0 Å². The molecule has 0 bridgehead atoms. The average Bonchev–Trinajstić information content (AvgIpc) is 2.38. The Kier molecular flexibility index (Phi) is 3.88. The Morgan fingerprint density at radius 2 is 2.44 bits per heavy atom. The Bertz CT molecular complexity index is 441. The molecule has 6 heteroatoms. The molecular weight excluding hydrogens is 239 g/mol. The monoisotopic (exact) mass is 254 g/mol. The summed E-state index contributed by atoms with van der Waals surface area (Å²) in [7, 11) is 0. The highest BCUT2D eigenvalue weighted by molar-refractivity contribution is 5.72. The van der Waals surface area contributed by atoms with Crippen molar-refractivity contribution in [2.45, 2.75) is 19.1 Å². The fraction of sp³-hybridized carbons (Fsp3) is 0.500. The van der Waals surface area contributed by atoms with Crippen LogP contribution in [0, 0.1) is 5.82 Å². The molecule has 0 aromatic carbocycles. The third-order valence-corrected chi connectivity index (χ3v) is 3.13. The minimum Gasteiger partial charge on any atom is -0.479 e. The normalized spacial score (nSPS) is 22.7. The fourth-order valence-corrected chi connectivity index (χ4v) is 2.04. The highest BCUT2D eigenvalue weighted by atomic mass is 19.1. The summed E-state index contributed by atoms with van der Waals surface area (Å²) in [6.07, 6.45) is 1.93. The zero-order valence-corrected chi connectivity index (χ0v) is 10.0. The SMILES string of the molecule is CC(c1cncc(F)c1)N1CCOC(C(=O)O)C1. The van der Waals surface area contributed by atoms with E-state index in [2.05, 4.69) is 4.98 Å². The van der Waals surface area contributed by atoms with Crippen LogP contribution in [0.3, 0.4) is 0 Å². The van der Waals surface area contributed by atoms with Crippen LogP contribution in [0.4, 0.5) is 4.39 Å². The van der Waals surface area contributed by atoms with Crippen molar-refractivity contribution in [1.29, 1.82) is 0 Å². The van der Waals surface area contributed by atoms with Gasteiger partial charge in [0, 0.05) is 25.3 Å². The van der Waals surface area contributed by atoms with Crippen molar-refractivity contribution < 1.29 is 19.0 Å². The Labute approximate surface area is 104 Å². The molecule has 2 unspecified atom stereocenters. The molecular formula is C12H15FN2O3. The third-order valence-electron chi connectivity index (χ3n) is 3.13. The van der Waals surface area contributed by atoms with Crippen molar-refractivity contribution in [2.24, 2.45) is 0 Å². The Morgan fingerprint density at radius 1 is 1.67 bits per heavy atom. The molecule has 0 saturated carbocycles. The van der Waals surface area contributed by atoms with Gasteiger partial charge in [-0.1, -0.05) is 0 Å². The number of carboxylic acid groups (broad SMARTS) is 1. The predicted molar refractivity (Wildman–Crippen MR) is 61.6 cm³/mol. The molecule has 1 aromatic heterocycles. The van der Waals surface area contributed by atoms with E-state index in [0.717, 1.165) is 11.8 Å². The summed E-state index contributed by atoms with van der Waals surface area (Å²) >= 11 is 0. The topological polar surface area (TPSA) is 62.7 Å². The van der Waals surface area contributed by atoms with Crippen molar-refractivity contribution >= 4 is 5.97 Å². The molecule has 1 aliphatic heterocycles. The number of pyridine rings is 1. The van der Waals surface area contributed by atoms with Crippen LogP contribution in [0.15, 0.2) is 18.5 Å². The molecule has 5 nitrogen and oxygen atoms in total. The molecule has 1 N–H and O–H groups in total. The summed E-state index contributed by atoms with van der Waals surface area (Å²) in [6, 6.07) is 1.34. The van der Waals surface area contributed by atoms with Gasteiger partial charge in [-0.25, -0.2) is 9.18 Å². The summed E-state index contributed by atoms with van der Waals surface area (Å²) in [5, 5.41) is 8.93. The van der Waals surface area contributed by atoms with Crippen LogP contribution in [-0.4, -0.2) is 46.8 Å². The summed E-state index contributed by atoms with van der Waals surface area (Å²) in [6.45, 7) is 3.19. The average molecular weight is 254 g/mol. The smallest absolute Gasteiger partial charge is 0.334 e. The van der Waals surface area contributed by atoms with Gasteiger partial charge in [-0.05, 0) is 18.6 Å². The van der Waals surface area contributed by atoms with E-state index in [0.29, 0.717) is 19.7 Å². The number of hydrogen-bond donors (Lipinski definition) is 1. The first kappa shape index (κ1) is 12.9. The van der Waals surface area contributed by atoms with Gasteiger partial charge in [0.25, 0.3) is 0 Å². The molecule has 18 heavy (non-hydrogen) atoms. The molecule has 1 aliphatic rings. The van der Waals surface area contributed by atoms with Gasteiger partial charge in [0.1, 0.15) is 5.82 Å². The zero-order chi connectivity index (χ0) is 13.1. The summed E-state index contributed by atoms with van der Waals surface area (Å²) in [5.41, 5.74) is 0.737. The lowest BCUT2D eigenvalue weighted by Gasteiger charge is -2.35. The lowest BCUT2D eigenvalue weighted by molar-refractivity contribution is -0.157. The van der Waals surface area contributed by atoms with Gasteiger partial charge in [-0.15, -0.1) is 0 Å². The van der Waals surface area contributed by atoms with Crippen molar-refractivity contribution in [3.8, 4) is 0 Å². The van der Waals surface area contributed by atoms with Crippen LogP contribution in [0.1, 0.15) is 18.5 Å². The molecule has 0 amide bonds. The van der Waals surface area contributed by atoms with Crippen LogP contribution in [0.2, 0.25) is 0 Å². The Hall–Kier alpha value is -1.53. The van der Waals surface area contributed by atoms with E-state index in [9.17, 15) is 9.18 Å². The van der Waals surface area contributed by atoms with Crippen molar-refractivity contribution in [1.82, 2.24) is 9.88 Å². The zero-order valence-electron chi connectivity index (χ0n) is 10.0. The minimum absolute atomic E-state index is 0.0843. The first-order valence-electron chi connectivity index (χ1n) is 5.77. The number of morpholine rings is 1. The quantitative estimate of drug-likeness (QED) is 0.874. The van der Waals surface area contributed by atoms with E-state index in [1.54, 1.807) is 6.20 Å². The lowest BCUT2D eigenvalue weighted by Crippen LogP contribution is -2.46. The van der Waals surface area contributed by atoms with Crippen LogP contribution in [0.5, 0.6) is 0 Å². The largest absolute Gasteiger partial charge is 0.479 e. The molecule has 1 aromatic rings. The predicted octanol–water partition coefficient (Wildman–Crippen LogP) is 1.07. The second kappa shape index (κ2) is 5.41. The number of carbonyl (C=O) groups is 1. The van der Waals surface area contributed by atoms with E-state index in [-0.39, 0.29) is 11.9 Å². The number of nitrogens with zero attached hydrogens (tertiary/aromatic N) is 2. The van der Waals surface area contributed by atoms with Gasteiger partial charge in [-0.3, -0.25) is 9.88 Å². The Balaban J connectivity index is 2.09. The second-order valence-electron chi connectivity index (χ2n) is 4.31. The van der Waals surface area contributed by atoms with Crippen LogP contribution >= 0.6 is 0 Å². The first-order valence-corrected chi connectivity index (χ1v) is 5.77. The maximum Gasteiger partial charge on any atom is 0.334 e.